The van der Waals surface area contributed by atoms with Crippen molar-refractivity contribution in [2.45, 2.75) is 0 Å². The van der Waals surface area contributed by atoms with E-state index >= 15 is 0 Å². The number of hydrogen-bond donors (Lipinski definition) is 2. The highest BCUT2D eigenvalue weighted by Crippen LogP contribution is 2.23. The number of aromatic carboxylic acids is 1. The quantitative estimate of drug-likeness (QED) is 0.907. The van der Waals surface area contributed by atoms with Crippen LogP contribution in [0.25, 0.3) is 0 Å². The zero-order valence-corrected chi connectivity index (χ0v) is 10.5. The Morgan fingerprint density at radius 1 is 1.39 bits per heavy atom. The zero-order valence-electron chi connectivity index (χ0n) is 8.88. The number of hydrogen-bond acceptors (Lipinski definition) is 4. The number of pyridine rings is 1. The van der Waals surface area contributed by atoms with Gasteiger partial charge < -0.3 is 10.4 Å². The molecule has 2 aromatic heterocycles. The molecular formula is C11H7ClN2O3S. The summed E-state index contributed by atoms with van der Waals surface area (Å²) in [6.07, 6.45) is 1.34. The SMILES string of the molecule is O=C(O)c1ncccc1NC(=O)c1sccc1Cl. The van der Waals surface area contributed by atoms with E-state index in [0.29, 0.717) is 9.90 Å². The Bertz CT molecular complexity index is 612. The molecule has 7 heteroatoms. The number of carbonyl (C=O) groups is 2. The number of carboxylic acid groups (broad SMARTS) is 1. The number of amides is 1. The smallest absolute Gasteiger partial charge is 0.356 e. The van der Waals surface area contributed by atoms with E-state index in [1.165, 1.54) is 29.7 Å². The van der Waals surface area contributed by atoms with Crippen LogP contribution < -0.4 is 5.32 Å². The van der Waals surface area contributed by atoms with Crippen molar-refractivity contribution < 1.29 is 14.7 Å². The van der Waals surface area contributed by atoms with Crippen molar-refractivity contribution in [3.63, 3.8) is 0 Å². The van der Waals surface area contributed by atoms with E-state index in [2.05, 4.69) is 10.3 Å². The average Bonchev–Trinajstić information content (AvgIpc) is 2.76. The van der Waals surface area contributed by atoms with Crippen molar-refractivity contribution in [2.24, 2.45) is 0 Å². The standard InChI is InChI=1S/C11H7ClN2O3S/c12-6-3-5-18-9(6)10(15)14-7-2-1-4-13-8(7)11(16)17/h1-5H,(H,14,15)(H,16,17). The van der Waals surface area contributed by atoms with Crippen LogP contribution in [0, 0.1) is 0 Å². The van der Waals surface area contributed by atoms with Gasteiger partial charge >= 0.3 is 5.97 Å². The number of carbonyl (C=O) groups excluding carboxylic acids is 1. The van der Waals surface area contributed by atoms with Gasteiger partial charge in [-0.3, -0.25) is 4.79 Å². The molecule has 0 radical (unpaired) electrons. The van der Waals surface area contributed by atoms with Gasteiger partial charge in [-0.2, -0.15) is 0 Å². The molecule has 0 saturated carbocycles. The lowest BCUT2D eigenvalue weighted by molar-refractivity contribution is 0.0692. The molecule has 0 unspecified atom stereocenters. The summed E-state index contributed by atoms with van der Waals surface area (Å²) in [5, 5.41) is 13.4. The lowest BCUT2D eigenvalue weighted by Crippen LogP contribution is -2.14. The molecule has 2 rings (SSSR count). The minimum Gasteiger partial charge on any atom is -0.476 e. The number of nitrogens with one attached hydrogen (secondary N) is 1. The first-order valence-electron chi connectivity index (χ1n) is 4.82. The molecule has 0 aliphatic carbocycles. The molecule has 0 fully saturated rings. The van der Waals surface area contributed by atoms with Crippen LogP contribution in [0.3, 0.4) is 0 Å². The third kappa shape index (κ3) is 2.49. The van der Waals surface area contributed by atoms with Crippen LogP contribution in [0.5, 0.6) is 0 Å². The maximum atomic E-state index is 11.9. The van der Waals surface area contributed by atoms with Gasteiger partial charge in [0.15, 0.2) is 5.69 Å². The molecule has 2 N–H and O–H groups in total. The predicted octanol–water partition coefficient (Wildman–Crippen LogP) is 2.75. The molecule has 92 valence electrons. The Kier molecular flexibility index (Phi) is 3.59. The summed E-state index contributed by atoms with van der Waals surface area (Å²) >= 11 is 7.00. The first-order valence-corrected chi connectivity index (χ1v) is 6.08. The van der Waals surface area contributed by atoms with Crippen molar-refractivity contribution in [1.82, 2.24) is 4.98 Å². The third-order valence-corrected chi connectivity index (χ3v) is 3.42. The highest BCUT2D eigenvalue weighted by molar-refractivity contribution is 7.12. The fourth-order valence-corrected chi connectivity index (χ4v) is 2.35. The summed E-state index contributed by atoms with van der Waals surface area (Å²) in [6, 6.07) is 4.61. The maximum Gasteiger partial charge on any atom is 0.356 e. The van der Waals surface area contributed by atoms with Gasteiger partial charge in [0.2, 0.25) is 0 Å². The van der Waals surface area contributed by atoms with Crippen LogP contribution in [0.4, 0.5) is 5.69 Å². The zero-order chi connectivity index (χ0) is 13.1. The van der Waals surface area contributed by atoms with Crippen LogP contribution in [0.2, 0.25) is 5.02 Å². The number of aromatic nitrogens is 1. The van der Waals surface area contributed by atoms with Crippen molar-refractivity contribution in [3.8, 4) is 0 Å². The molecule has 0 spiro atoms. The number of anilines is 1. The molecule has 0 saturated heterocycles. The maximum absolute atomic E-state index is 11.9. The topological polar surface area (TPSA) is 79.3 Å². The lowest BCUT2D eigenvalue weighted by atomic mass is 10.3. The fourth-order valence-electron chi connectivity index (χ4n) is 1.31. The Labute approximate surface area is 111 Å². The Balaban J connectivity index is 2.28. The molecular weight excluding hydrogens is 276 g/mol. The third-order valence-electron chi connectivity index (χ3n) is 2.08. The highest BCUT2D eigenvalue weighted by atomic mass is 35.5. The molecule has 0 aliphatic rings. The van der Waals surface area contributed by atoms with E-state index in [9.17, 15) is 9.59 Å². The van der Waals surface area contributed by atoms with Gasteiger partial charge in [-0.05, 0) is 23.6 Å². The number of carboxylic acids is 1. The average molecular weight is 283 g/mol. The number of nitrogens with zero attached hydrogens (tertiary/aromatic N) is 1. The van der Waals surface area contributed by atoms with Gasteiger partial charge in [0.1, 0.15) is 4.88 Å². The van der Waals surface area contributed by atoms with E-state index < -0.39 is 11.9 Å². The molecule has 0 bridgehead atoms. The first kappa shape index (κ1) is 12.5. The Morgan fingerprint density at radius 3 is 2.78 bits per heavy atom. The van der Waals surface area contributed by atoms with Gasteiger partial charge in [0, 0.05) is 6.20 Å². The van der Waals surface area contributed by atoms with Crippen LogP contribution in [-0.4, -0.2) is 22.0 Å². The molecule has 1 amide bonds. The molecule has 2 heterocycles. The molecule has 0 atom stereocenters. The van der Waals surface area contributed by atoms with Crippen molar-refractivity contribution >= 4 is 40.5 Å². The van der Waals surface area contributed by atoms with Crippen LogP contribution >= 0.6 is 22.9 Å². The second-order valence-electron chi connectivity index (χ2n) is 3.26. The molecule has 0 aliphatic heterocycles. The van der Waals surface area contributed by atoms with Crippen LogP contribution in [-0.2, 0) is 0 Å². The summed E-state index contributed by atoms with van der Waals surface area (Å²) < 4.78 is 0. The Morgan fingerprint density at radius 2 is 2.17 bits per heavy atom. The van der Waals surface area contributed by atoms with Gasteiger partial charge in [0.05, 0.1) is 10.7 Å². The fraction of sp³-hybridized carbons (Fsp3) is 0. The van der Waals surface area contributed by atoms with E-state index in [-0.39, 0.29) is 11.4 Å². The van der Waals surface area contributed by atoms with E-state index in [0.717, 1.165) is 0 Å². The number of halogens is 1. The van der Waals surface area contributed by atoms with Crippen molar-refractivity contribution in [3.05, 3.63) is 45.4 Å². The summed E-state index contributed by atoms with van der Waals surface area (Å²) in [6.45, 7) is 0. The van der Waals surface area contributed by atoms with Crippen molar-refractivity contribution in [1.29, 1.82) is 0 Å². The second-order valence-corrected chi connectivity index (χ2v) is 4.58. The summed E-state index contributed by atoms with van der Waals surface area (Å²) in [4.78, 5) is 26.8. The second kappa shape index (κ2) is 5.16. The lowest BCUT2D eigenvalue weighted by Gasteiger charge is -2.06. The Hall–Kier alpha value is -1.92. The highest BCUT2D eigenvalue weighted by Gasteiger charge is 2.16. The summed E-state index contributed by atoms with van der Waals surface area (Å²) in [5.74, 6) is -1.66. The van der Waals surface area contributed by atoms with Gasteiger partial charge in [-0.15, -0.1) is 11.3 Å². The summed E-state index contributed by atoms with van der Waals surface area (Å²) in [7, 11) is 0. The summed E-state index contributed by atoms with van der Waals surface area (Å²) in [5.41, 5.74) is -0.0713. The van der Waals surface area contributed by atoms with E-state index in [1.54, 1.807) is 11.4 Å². The molecule has 5 nitrogen and oxygen atoms in total. The van der Waals surface area contributed by atoms with Crippen LogP contribution in [0.1, 0.15) is 20.2 Å². The normalized spacial score (nSPS) is 10.1. The molecule has 18 heavy (non-hydrogen) atoms. The number of thiophene rings is 1. The van der Waals surface area contributed by atoms with Crippen LogP contribution in [0.15, 0.2) is 29.8 Å². The van der Waals surface area contributed by atoms with Crippen molar-refractivity contribution in [2.75, 3.05) is 5.32 Å². The largest absolute Gasteiger partial charge is 0.476 e. The monoisotopic (exact) mass is 282 g/mol. The molecule has 2 aromatic rings. The van der Waals surface area contributed by atoms with Gasteiger partial charge in [0.25, 0.3) is 5.91 Å². The van der Waals surface area contributed by atoms with E-state index in [1.807, 2.05) is 0 Å². The minimum absolute atomic E-state index is 0.138. The van der Waals surface area contributed by atoms with E-state index in [4.69, 9.17) is 16.7 Å². The predicted molar refractivity (Wildman–Crippen MR) is 68.5 cm³/mol. The van der Waals surface area contributed by atoms with Gasteiger partial charge in [-0.25, -0.2) is 9.78 Å². The number of rotatable bonds is 3. The van der Waals surface area contributed by atoms with Gasteiger partial charge in [-0.1, -0.05) is 11.6 Å². The minimum atomic E-state index is -1.21. The first-order chi connectivity index (χ1) is 8.59. The molecule has 0 aromatic carbocycles.